The fourth-order valence-electron chi connectivity index (χ4n) is 2.09. The van der Waals surface area contributed by atoms with Crippen LogP contribution in [0.15, 0.2) is 18.2 Å². The molecule has 0 fully saturated rings. The Bertz CT molecular complexity index is 497. The van der Waals surface area contributed by atoms with Crippen LogP contribution in [0, 0.1) is 0 Å². The van der Waals surface area contributed by atoms with Gasteiger partial charge in [0.25, 0.3) is 0 Å². The van der Waals surface area contributed by atoms with Gasteiger partial charge in [-0.1, -0.05) is 6.07 Å². The number of amides is 1. The first-order valence-corrected chi connectivity index (χ1v) is 5.82. The van der Waals surface area contributed by atoms with Crippen molar-refractivity contribution in [3.63, 3.8) is 0 Å². The third-order valence-corrected chi connectivity index (χ3v) is 2.94. The summed E-state index contributed by atoms with van der Waals surface area (Å²) < 4.78 is 4.78. The molecule has 0 saturated carbocycles. The number of methoxy groups -OCH3 is 1. The molecular formula is C13H16N2O3. The Morgan fingerprint density at radius 2 is 2.17 bits per heavy atom. The third-order valence-electron chi connectivity index (χ3n) is 2.94. The normalized spacial score (nSPS) is 14.2. The molecule has 0 spiro atoms. The molecule has 0 bridgehead atoms. The van der Waals surface area contributed by atoms with E-state index in [2.05, 4.69) is 5.32 Å². The minimum Gasteiger partial charge on any atom is -0.465 e. The number of fused-ring (bicyclic) bond motifs is 1. The number of hydrogen-bond acceptors (Lipinski definition) is 4. The highest BCUT2D eigenvalue weighted by atomic mass is 16.5. The molecule has 5 heteroatoms. The second-order valence-corrected chi connectivity index (χ2v) is 4.46. The number of anilines is 2. The summed E-state index contributed by atoms with van der Waals surface area (Å²) in [5.74, 6) is -0.466. The number of hydrogen-bond donors (Lipinski definition) is 1. The van der Waals surface area contributed by atoms with Crippen molar-refractivity contribution in [2.45, 2.75) is 19.9 Å². The van der Waals surface area contributed by atoms with Crippen molar-refractivity contribution in [2.24, 2.45) is 0 Å². The number of carbonyl (C=O) groups excluding carboxylic acids is 2. The fraction of sp³-hybridized carbons (Fsp3) is 0.385. The molecule has 1 aromatic rings. The number of para-hydroxylation sites is 1. The van der Waals surface area contributed by atoms with Gasteiger partial charge >= 0.3 is 5.97 Å². The Balaban J connectivity index is 2.57. The van der Waals surface area contributed by atoms with Crippen LogP contribution < -0.4 is 10.2 Å². The molecule has 0 aromatic heterocycles. The van der Waals surface area contributed by atoms with Crippen molar-refractivity contribution >= 4 is 23.3 Å². The van der Waals surface area contributed by atoms with Crippen LogP contribution in [0.1, 0.15) is 24.2 Å². The van der Waals surface area contributed by atoms with Crippen LogP contribution in [0.4, 0.5) is 11.4 Å². The van der Waals surface area contributed by atoms with Gasteiger partial charge in [0.2, 0.25) is 5.91 Å². The van der Waals surface area contributed by atoms with Crippen LogP contribution >= 0.6 is 0 Å². The van der Waals surface area contributed by atoms with Gasteiger partial charge in [-0.2, -0.15) is 0 Å². The Morgan fingerprint density at radius 1 is 1.44 bits per heavy atom. The number of nitrogens with zero attached hydrogens (tertiary/aromatic N) is 1. The lowest BCUT2D eigenvalue weighted by molar-refractivity contribution is -0.115. The smallest absolute Gasteiger partial charge is 0.340 e. The minimum absolute atomic E-state index is 0.0711. The molecule has 1 aromatic carbocycles. The van der Waals surface area contributed by atoms with E-state index in [9.17, 15) is 9.59 Å². The molecular weight excluding hydrogens is 232 g/mol. The average Bonchev–Trinajstić information content (AvgIpc) is 2.35. The Kier molecular flexibility index (Phi) is 3.23. The molecule has 1 heterocycles. The topological polar surface area (TPSA) is 58.6 Å². The van der Waals surface area contributed by atoms with Crippen molar-refractivity contribution in [3.05, 3.63) is 23.8 Å². The van der Waals surface area contributed by atoms with E-state index in [1.54, 1.807) is 18.2 Å². The van der Waals surface area contributed by atoms with Crippen LogP contribution in [0.25, 0.3) is 0 Å². The molecule has 0 aliphatic carbocycles. The zero-order valence-electron chi connectivity index (χ0n) is 10.7. The first-order valence-electron chi connectivity index (χ1n) is 5.82. The Labute approximate surface area is 106 Å². The van der Waals surface area contributed by atoms with E-state index < -0.39 is 5.97 Å². The van der Waals surface area contributed by atoms with Gasteiger partial charge in [-0.05, 0) is 26.0 Å². The SMILES string of the molecule is COC(=O)c1cccc2c1N(C(C)C)CC(=O)N2. The van der Waals surface area contributed by atoms with Gasteiger partial charge in [-0.3, -0.25) is 4.79 Å². The molecule has 0 atom stereocenters. The molecule has 18 heavy (non-hydrogen) atoms. The molecule has 5 nitrogen and oxygen atoms in total. The number of benzene rings is 1. The standard InChI is InChI=1S/C13H16N2O3/c1-8(2)15-7-11(16)14-10-6-4-5-9(12(10)15)13(17)18-3/h4-6,8H,7H2,1-3H3,(H,14,16). The monoisotopic (exact) mass is 248 g/mol. The lowest BCUT2D eigenvalue weighted by Crippen LogP contribution is -2.43. The lowest BCUT2D eigenvalue weighted by Gasteiger charge is -2.35. The predicted molar refractivity (Wildman–Crippen MR) is 68.9 cm³/mol. The summed E-state index contributed by atoms with van der Waals surface area (Å²) in [6, 6.07) is 5.35. The second-order valence-electron chi connectivity index (χ2n) is 4.46. The van der Waals surface area contributed by atoms with Crippen molar-refractivity contribution in [2.75, 3.05) is 23.9 Å². The van der Waals surface area contributed by atoms with Crippen LogP contribution in [0.5, 0.6) is 0 Å². The number of carbonyl (C=O) groups is 2. The van der Waals surface area contributed by atoms with Crippen LogP contribution in [-0.4, -0.2) is 31.6 Å². The quantitative estimate of drug-likeness (QED) is 0.808. The second kappa shape index (κ2) is 4.68. The van der Waals surface area contributed by atoms with E-state index in [0.717, 1.165) is 5.69 Å². The van der Waals surface area contributed by atoms with E-state index in [1.165, 1.54) is 7.11 Å². The van der Waals surface area contributed by atoms with Gasteiger partial charge in [0, 0.05) is 6.04 Å². The zero-order valence-corrected chi connectivity index (χ0v) is 10.7. The van der Waals surface area contributed by atoms with Crippen LogP contribution in [0.3, 0.4) is 0 Å². The van der Waals surface area contributed by atoms with E-state index in [-0.39, 0.29) is 18.5 Å². The maximum atomic E-state index is 11.8. The van der Waals surface area contributed by atoms with Crippen molar-refractivity contribution in [1.82, 2.24) is 0 Å². The number of ether oxygens (including phenoxy) is 1. The fourth-order valence-corrected chi connectivity index (χ4v) is 2.09. The van der Waals surface area contributed by atoms with Crippen LogP contribution in [0.2, 0.25) is 0 Å². The Morgan fingerprint density at radius 3 is 2.78 bits per heavy atom. The molecule has 0 radical (unpaired) electrons. The van der Waals surface area contributed by atoms with Gasteiger partial charge in [0.1, 0.15) is 0 Å². The van der Waals surface area contributed by atoms with E-state index >= 15 is 0 Å². The van der Waals surface area contributed by atoms with Gasteiger partial charge in [0.05, 0.1) is 30.6 Å². The molecule has 96 valence electrons. The van der Waals surface area contributed by atoms with Crippen molar-refractivity contribution < 1.29 is 14.3 Å². The Hall–Kier alpha value is -2.04. The molecule has 2 rings (SSSR count). The van der Waals surface area contributed by atoms with Gasteiger partial charge in [0.15, 0.2) is 0 Å². The van der Waals surface area contributed by atoms with Crippen molar-refractivity contribution in [1.29, 1.82) is 0 Å². The average molecular weight is 248 g/mol. The predicted octanol–water partition coefficient (Wildman–Crippen LogP) is 1.64. The lowest BCUT2D eigenvalue weighted by atomic mass is 10.1. The third kappa shape index (κ3) is 2.03. The van der Waals surface area contributed by atoms with Gasteiger partial charge in [-0.25, -0.2) is 4.79 Å². The summed E-state index contributed by atoms with van der Waals surface area (Å²) in [5, 5.41) is 2.78. The molecule has 1 aliphatic rings. The van der Waals surface area contributed by atoms with Gasteiger partial charge in [-0.15, -0.1) is 0 Å². The highest BCUT2D eigenvalue weighted by molar-refractivity contribution is 6.07. The first kappa shape index (κ1) is 12.4. The van der Waals surface area contributed by atoms with Crippen molar-refractivity contribution in [3.8, 4) is 0 Å². The summed E-state index contributed by atoms with van der Waals surface area (Å²) in [6.07, 6.45) is 0. The highest BCUT2D eigenvalue weighted by Gasteiger charge is 2.28. The summed E-state index contributed by atoms with van der Waals surface area (Å²) in [4.78, 5) is 25.3. The molecule has 1 amide bonds. The maximum absolute atomic E-state index is 11.8. The summed E-state index contributed by atoms with van der Waals surface area (Å²) in [5.41, 5.74) is 1.87. The molecule has 0 unspecified atom stereocenters. The summed E-state index contributed by atoms with van der Waals surface area (Å²) in [6.45, 7) is 4.21. The summed E-state index contributed by atoms with van der Waals surface area (Å²) >= 11 is 0. The first-order chi connectivity index (χ1) is 8.54. The number of nitrogens with one attached hydrogen (secondary N) is 1. The molecule has 0 saturated heterocycles. The van der Waals surface area contributed by atoms with E-state index in [0.29, 0.717) is 11.3 Å². The highest BCUT2D eigenvalue weighted by Crippen LogP contribution is 2.34. The van der Waals surface area contributed by atoms with E-state index in [1.807, 2.05) is 18.7 Å². The van der Waals surface area contributed by atoms with Gasteiger partial charge < -0.3 is 15.0 Å². The number of rotatable bonds is 2. The number of esters is 1. The largest absolute Gasteiger partial charge is 0.465 e. The van der Waals surface area contributed by atoms with E-state index in [4.69, 9.17) is 4.74 Å². The summed E-state index contributed by atoms with van der Waals surface area (Å²) in [7, 11) is 1.35. The molecule has 1 N–H and O–H groups in total. The zero-order chi connectivity index (χ0) is 13.3. The minimum atomic E-state index is -0.395. The maximum Gasteiger partial charge on any atom is 0.340 e. The van der Waals surface area contributed by atoms with Crippen LogP contribution in [-0.2, 0) is 9.53 Å². The molecule has 1 aliphatic heterocycles.